The van der Waals surface area contributed by atoms with Crippen LogP contribution in [-0.2, 0) is 14.8 Å². The quantitative estimate of drug-likeness (QED) is 0.595. The maximum Gasteiger partial charge on any atom is 0.304 e. The zero-order valence-corrected chi connectivity index (χ0v) is 12.3. The van der Waals surface area contributed by atoms with Crippen LogP contribution in [0.1, 0.15) is 13.8 Å². The average Bonchev–Trinajstić information content (AvgIpc) is 2.58. The highest BCUT2D eigenvalue weighted by atomic mass is 32.2. The summed E-state index contributed by atoms with van der Waals surface area (Å²) < 4.78 is 31.3. The van der Waals surface area contributed by atoms with E-state index < -0.39 is 26.2 Å². The molecule has 0 fully saturated rings. The van der Waals surface area contributed by atoms with E-state index in [0.717, 1.165) is 6.07 Å². The third-order valence-corrected chi connectivity index (χ3v) is 5.22. The Balaban J connectivity index is 3.08. The van der Waals surface area contributed by atoms with Crippen molar-refractivity contribution in [3.8, 4) is 0 Å². The summed E-state index contributed by atoms with van der Waals surface area (Å²) in [5.74, 6) is 0. The Morgan fingerprint density at radius 2 is 2.16 bits per heavy atom. The molecule has 0 aliphatic carbocycles. The van der Waals surface area contributed by atoms with Crippen LogP contribution < -0.4 is 10.5 Å². The van der Waals surface area contributed by atoms with Gasteiger partial charge in [0.25, 0.3) is 10.0 Å². The molecule has 10 heteroatoms. The van der Waals surface area contributed by atoms with E-state index >= 15 is 0 Å². The van der Waals surface area contributed by atoms with Crippen LogP contribution in [0.4, 0.5) is 10.7 Å². The molecule has 0 aliphatic rings. The van der Waals surface area contributed by atoms with E-state index in [1.54, 1.807) is 13.8 Å². The molecule has 0 amide bonds. The van der Waals surface area contributed by atoms with E-state index in [9.17, 15) is 18.5 Å². The third-order valence-electron chi connectivity index (χ3n) is 2.09. The molecule has 1 aromatic heterocycles. The Labute approximate surface area is 114 Å². The number of methoxy groups -OCH3 is 1. The molecule has 0 atom stereocenters. The van der Waals surface area contributed by atoms with Crippen molar-refractivity contribution in [1.82, 2.24) is 4.72 Å². The zero-order valence-electron chi connectivity index (χ0n) is 10.7. The first-order valence-corrected chi connectivity index (χ1v) is 7.45. The third kappa shape index (κ3) is 3.86. The summed E-state index contributed by atoms with van der Waals surface area (Å²) in [6, 6.07) is 0.950. The molecule has 0 spiro atoms. The fourth-order valence-electron chi connectivity index (χ4n) is 1.45. The molecule has 19 heavy (non-hydrogen) atoms. The fourth-order valence-corrected chi connectivity index (χ4v) is 4.06. The summed E-state index contributed by atoms with van der Waals surface area (Å²) >= 11 is 0.653. The standard InChI is InChI=1S/C9H15N3O5S2/c1-9(2,5-17-3)11-19(15,16)7-4-6(12(13)14)8(10)18-7/h4,11H,5,10H2,1-3H3. The van der Waals surface area contributed by atoms with Gasteiger partial charge in [0.1, 0.15) is 4.21 Å². The number of hydrogen-bond donors (Lipinski definition) is 2. The summed E-state index contributed by atoms with van der Waals surface area (Å²) in [6.07, 6.45) is 0. The highest BCUT2D eigenvalue weighted by Gasteiger charge is 2.30. The number of hydrogen-bond acceptors (Lipinski definition) is 7. The Morgan fingerprint density at radius 1 is 1.58 bits per heavy atom. The topological polar surface area (TPSA) is 125 Å². The van der Waals surface area contributed by atoms with Gasteiger partial charge >= 0.3 is 5.69 Å². The lowest BCUT2D eigenvalue weighted by molar-refractivity contribution is -0.383. The van der Waals surface area contributed by atoms with Crippen molar-refractivity contribution in [3.63, 3.8) is 0 Å². The lowest BCUT2D eigenvalue weighted by atomic mass is 10.1. The first-order valence-electron chi connectivity index (χ1n) is 5.16. The number of nitrogen functional groups attached to an aromatic ring is 1. The van der Waals surface area contributed by atoms with Crippen LogP contribution in [0.5, 0.6) is 0 Å². The zero-order chi connectivity index (χ0) is 14.8. The van der Waals surface area contributed by atoms with Gasteiger partial charge in [-0.1, -0.05) is 11.3 Å². The molecule has 1 aromatic rings. The van der Waals surface area contributed by atoms with Crippen LogP contribution >= 0.6 is 11.3 Å². The molecule has 1 heterocycles. The second kappa shape index (κ2) is 5.41. The number of sulfonamides is 1. The second-order valence-corrected chi connectivity index (χ2v) is 7.49. The molecular weight excluding hydrogens is 294 g/mol. The van der Waals surface area contributed by atoms with Gasteiger partial charge in [-0.25, -0.2) is 13.1 Å². The van der Waals surface area contributed by atoms with Crippen molar-refractivity contribution in [3.05, 3.63) is 16.2 Å². The molecule has 0 radical (unpaired) electrons. The van der Waals surface area contributed by atoms with Gasteiger partial charge in [-0.15, -0.1) is 0 Å². The summed E-state index contributed by atoms with van der Waals surface area (Å²) in [7, 11) is -2.42. The fraction of sp³-hybridized carbons (Fsp3) is 0.556. The van der Waals surface area contributed by atoms with Gasteiger partial charge in [0.15, 0.2) is 5.00 Å². The van der Waals surface area contributed by atoms with Crippen molar-refractivity contribution in [2.45, 2.75) is 23.6 Å². The van der Waals surface area contributed by atoms with Crippen LogP contribution in [0.2, 0.25) is 0 Å². The van der Waals surface area contributed by atoms with E-state index in [1.165, 1.54) is 7.11 Å². The lowest BCUT2D eigenvalue weighted by Crippen LogP contribution is -2.46. The number of nitrogens with zero attached hydrogens (tertiary/aromatic N) is 1. The predicted molar refractivity (Wildman–Crippen MR) is 71.7 cm³/mol. The molecule has 0 saturated carbocycles. The van der Waals surface area contributed by atoms with Crippen LogP contribution in [0.15, 0.2) is 10.3 Å². The summed E-state index contributed by atoms with van der Waals surface area (Å²) in [6.45, 7) is 3.44. The van der Waals surface area contributed by atoms with E-state index in [1.807, 2.05) is 0 Å². The molecular formula is C9H15N3O5S2. The summed E-state index contributed by atoms with van der Waals surface area (Å²) in [5, 5.41) is 10.5. The van der Waals surface area contributed by atoms with Gasteiger partial charge in [-0.05, 0) is 13.8 Å². The molecule has 8 nitrogen and oxygen atoms in total. The van der Waals surface area contributed by atoms with E-state index in [4.69, 9.17) is 10.5 Å². The number of thiophene rings is 1. The molecule has 0 unspecified atom stereocenters. The smallest absolute Gasteiger partial charge is 0.304 e. The molecule has 108 valence electrons. The number of nitrogens with two attached hydrogens (primary N) is 1. The molecule has 0 bridgehead atoms. The lowest BCUT2D eigenvalue weighted by Gasteiger charge is -2.24. The minimum atomic E-state index is -3.87. The Hall–Kier alpha value is -1.23. The van der Waals surface area contributed by atoms with Crippen LogP contribution in [-0.4, -0.2) is 32.6 Å². The predicted octanol–water partition coefficient (Wildman–Crippen LogP) is 0.942. The van der Waals surface area contributed by atoms with Gasteiger partial charge in [-0.2, -0.15) is 0 Å². The molecule has 1 rings (SSSR count). The van der Waals surface area contributed by atoms with Gasteiger partial charge < -0.3 is 10.5 Å². The number of ether oxygens (including phenoxy) is 1. The SMILES string of the molecule is COCC(C)(C)NS(=O)(=O)c1cc([N+](=O)[O-])c(N)s1. The van der Waals surface area contributed by atoms with Crippen molar-refractivity contribution >= 4 is 32.0 Å². The van der Waals surface area contributed by atoms with Gasteiger partial charge in [0.05, 0.1) is 17.1 Å². The first-order chi connectivity index (χ1) is 8.59. The van der Waals surface area contributed by atoms with Crippen LogP contribution in [0.3, 0.4) is 0 Å². The van der Waals surface area contributed by atoms with Crippen LogP contribution in [0.25, 0.3) is 0 Å². The van der Waals surface area contributed by atoms with Crippen molar-refractivity contribution < 1.29 is 18.1 Å². The molecule has 0 aromatic carbocycles. The maximum absolute atomic E-state index is 12.1. The Kier molecular flexibility index (Phi) is 4.50. The van der Waals surface area contributed by atoms with Crippen molar-refractivity contribution in [2.24, 2.45) is 0 Å². The molecule has 3 N–H and O–H groups in total. The Bertz CT molecular complexity index is 579. The average molecular weight is 309 g/mol. The van der Waals surface area contributed by atoms with Crippen molar-refractivity contribution in [2.75, 3.05) is 19.5 Å². The second-order valence-electron chi connectivity index (χ2n) is 4.49. The van der Waals surface area contributed by atoms with Gasteiger partial charge in [0.2, 0.25) is 0 Å². The van der Waals surface area contributed by atoms with Gasteiger partial charge in [-0.3, -0.25) is 10.1 Å². The van der Waals surface area contributed by atoms with Gasteiger partial charge in [0, 0.05) is 13.2 Å². The van der Waals surface area contributed by atoms with Crippen LogP contribution in [0, 0.1) is 10.1 Å². The highest BCUT2D eigenvalue weighted by molar-refractivity contribution is 7.91. The van der Waals surface area contributed by atoms with E-state index in [-0.39, 0.29) is 15.8 Å². The minimum absolute atomic E-state index is 0.144. The normalized spacial score (nSPS) is 12.6. The van der Waals surface area contributed by atoms with Crippen molar-refractivity contribution in [1.29, 1.82) is 0 Å². The number of nitrogens with one attached hydrogen (secondary N) is 1. The summed E-state index contributed by atoms with van der Waals surface area (Å²) in [5.41, 5.74) is 4.18. The monoisotopic (exact) mass is 309 g/mol. The van der Waals surface area contributed by atoms with E-state index in [2.05, 4.69) is 4.72 Å². The highest BCUT2D eigenvalue weighted by Crippen LogP contribution is 2.34. The number of rotatable bonds is 6. The number of anilines is 1. The summed E-state index contributed by atoms with van der Waals surface area (Å²) in [4.78, 5) is 9.93. The number of nitro groups is 1. The Morgan fingerprint density at radius 3 is 2.58 bits per heavy atom. The van der Waals surface area contributed by atoms with E-state index in [0.29, 0.717) is 11.3 Å². The molecule has 0 saturated heterocycles. The largest absolute Gasteiger partial charge is 0.385 e. The molecule has 0 aliphatic heterocycles. The first kappa shape index (κ1) is 15.8. The maximum atomic E-state index is 12.1. The minimum Gasteiger partial charge on any atom is -0.385 e.